The Morgan fingerprint density at radius 1 is 1.00 bits per heavy atom. The predicted molar refractivity (Wildman–Crippen MR) is 113 cm³/mol. The Labute approximate surface area is 167 Å². The molecule has 5 heteroatoms. The van der Waals surface area contributed by atoms with Crippen LogP contribution in [0.5, 0.6) is 11.6 Å². The number of nitrogens with zero attached hydrogens (tertiary/aromatic N) is 1. The number of phenols is 1. The fourth-order valence-electron chi connectivity index (χ4n) is 3.30. The number of aromatic hydroxyl groups is 2. The van der Waals surface area contributed by atoms with Crippen molar-refractivity contribution in [2.75, 3.05) is 0 Å². The Balaban J connectivity index is 2.55. The van der Waals surface area contributed by atoms with Crippen LogP contribution in [0.15, 0.2) is 16.9 Å². The highest BCUT2D eigenvalue weighted by molar-refractivity contribution is 5.50. The average Bonchev–Trinajstić information content (AvgIpc) is 2.51. The van der Waals surface area contributed by atoms with Crippen LogP contribution in [-0.2, 0) is 23.7 Å². The summed E-state index contributed by atoms with van der Waals surface area (Å²) in [5.41, 5.74) is 2.62. The van der Waals surface area contributed by atoms with Gasteiger partial charge >= 0.3 is 0 Å². The first-order valence-corrected chi connectivity index (χ1v) is 9.88. The standard InChI is InChI=1S/C23H34N2O3/c1-13(2)9-17-20(27)25-18(21(28)24-17)12-14-10-15(22(3,4)5)19(26)16(11-14)23(6,7)8/h10-11,13,26H,9,12H2,1-8H3,(H,24,28)(H,25,27). The van der Waals surface area contributed by atoms with Crippen LogP contribution in [-0.4, -0.2) is 20.2 Å². The summed E-state index contributed by atoms with van der Waals surface area (Å²) in [7, 11) is 0. The van der Waals surface area contributed by atoms with Crippen LogP contribution < -0.4 is 5.56 Å². The molecule has 0 radical (unpaired) electrons. The fourth-order valence-corrected chi connectivity index (χ4v) is 3.30. The minimum absolute atomic E-state index is 0.141. The van der Waals surface area contributed by atoms with Gasteiger partial charge in [0.1, 0.15) is 11.4 Å². The van der Waals surface area contributed by atoms with Crippen LogP contribution in [0.1, 0.15) is 83.5 Å². The Morgan fingerprint density at radius 3 is 1.93 bits per heavy atom. The monoisotopic (exact) mass is 386 g/mol. The number of benzene rings is 1. The molecule has 0 saturated carbocycles. The summed E-state index contributed by atoms with van der Waals surface area (Å²) >= 11 is 0. The minimum atomic E-state index is -0.257. The Kier molecular flexibility index (Phi) is 5.98. The van der Waals surface area contributed by atoms with Gasteiger partial charge in [-0.3, -0.25) is 4.79 Å². The van der Waals surface area contributed by atoms with Crippen molar-refractivity contribution in [3.8, 4) is 11.6 Å². The molecule has 1 heterocycles. The van der Waals surface area contributed by atoms with E-state index in [1.807, 2.05) is 26.0 Å². The molecule has 2 aromatic rings. The molecular formula is C23H34N2O3. The van der Waals surface area contributed by atoms with Crippen molar-refractivity contribution in [2.24, 2.45) is 5.92 Å². The predicted octanol–water partition coefficient (Wildman–Crippen LogP) is 4.57. The summed E-state index contributed by atoms with van der Waals surface area (Å²) < 4.78 is 0. The molecule has 0 atom stereocenters. The number of hydrogen-bond donors (Lipinski definition) is 3. The summed E-state index contributed by atoms with van der Waals surface area (Å²) in [6.45, 7) is 16.3. The maximum absolute atomic E-state index is 12.4. The number of aromatic amines is 1. The van der Waals surface area contributed by atoms with Crippen LogP contribution in [0.25, 0.3) is 0 Å². The molecule has 0 amide bonds. The summed E-state index contributed by atoms with van der Waals surface area (Å²) in [4.78, 5) is 19.3. The van der Waals surface area contributed by atoms with Crippen molar-refractivity contribution in [3.05, 3.63) is 50.6 Å². The van der Waals surface area contributed by atoms with E-state index in [-0.39, 0.29) is 28.2 Å². The van der Waals surface area contributed by atoms with E-state index < -0.39 is 0 Å². The maximum Gasteiger partial charge on any atom is 0.270 e. The van der Waals surface area contributed by atoms with Crippen molar-refractivity contribution in [2.45, 2.75) is 79.1 Å². The van der Waals surface area contributed by atoms with Gasteiger partial charge in [-0.25, -0.2) is 4.98 Å². The molecular weight excluding hydrogens is 352 g/mol. The second kappa shape index (κ2) is 7.61. The largest absolute Gasteiger partial charge is 0.507 e. The molecule has 0 fully saturated rings. The smallest absolute Gasteiger partial charge is 0.270 e. The highest BCUT2D eigenvalue weighted by Crippen LogP contribution is 2.40. The highest BCUT2D eigenvalue weighted by atomic mass is 16.3. The number of hydrogen-bond acceptors (Lipinski definition) is 4. The molecule has 3 N–H and O–H groups in total. The lowest BCUT2D eigenvalue weighted by molar-refractivity contribution is 0.422. The van der Waals surface area contributed by atoms with Gasteiger partial charge in [0.25, 0.3) is 5.56 Å². The topological polar surface area (TPSA) is 86.2 Å². The number of phenolic OH excluding ortho intramolecular Hbond substituents is 1. The lowest BCUT2D eigenvalue weighted by atomic mass is 9.78. The van der Waals surface area contributed by atoms with Gasteiger partial charge in [-0.15, -0.1) is 0 Å². The van der Waals surface area contributed by atoms with Crippen molar-refractivity contribution < 1.29 is 10.2 Å². The molecule has 5 nitrogen and oxygen atoms in total. The van der Waals surface area contributed by atoms with Gasteiger partial charge in [-0.05, 0) is 39.9 Å². The highest BCUT2D eigenvalue weighted by Gasteiger charge is 2.27. The molecule has 0 aliphatic carbocycles. The molecule has 1 aromatic heterocycles. The van der Waals surface area contributed by atoms with Crippen LogP contribution in [0, 0.1) is 5.92 Å². The number of rotatable bonds is 4. The zero-order valence-corrected chi connectivity index (χ0v) is 18.4. The normalized spacial score (nSPS) is 12.6. The van der Waals surface area contributed by atoms with Crippen molar-refractivity contribution in [1.29, 1.82) is 0 Å². The zero-order chi connectivity index (χ0) is 21.4. The second-order valence-corrected chi connectivity index (χ2v) is 10.1. The van der Waals surface area contributed by atoms with Crippen LogP contribution in [0.2, 0.25) is 0 Å². The Bertz CT molecular complexity index is 878. The third kappa shape index (κ3) is 4.94. The van der Waals surface area contributed by atoms with Gasteiger partial charge < -0.3 is 15.2 Å². The summed E-state index contributed by atoms with van der Waals surface area (Å²) in [6, 6.07) is 3.90. The molecule has 154 valence electrons. The van der Waals surface area contributed by atoms with Crippen LogP contribution in [0.3, 0.4) is 0 Å². The first-order chi connectivity index (χ1) is 12.7. The van der Waals surface area contributed by atoms with Gasteiger partial charge in [0.2, 0.25) is 5.88 Å². The molecule has 0 unspecified atom stereocenters. The van der Waals surface area contributed by atoms with Crippen molar-refractivity contribution in [3.63, 3.8) is 0 Å². The third-order valence-electron chi connectivity index (χ3n) is 4.81. The van der Waals surface area contributed by atoms with E-state index in [1.165, 1.54) is 0 Å². The number of H-pyrrole nitrogens is 1. The molecule has 0 bridgehead atoms. The van der Waals surface area contributed by atoms with Gasteiger partial charge in [0.05, 0.1) is 5.69 Å². The van der Waals surface area contributed by atoms with Crippen molar-refractivity contribution >= 4 is 0 Å². The van der Waals surface area contributed by atoms with Gasteiger partial charge in [0.15, 0.2) is 0 Å². The molecule has 0 saturated heterocycles. The van der Waals surface area contributed by atoms with Gasteiger partial charge in [0, 0.05) is 6.42 Å². The summed E-state index contributed by atoms with van der Waals surface area (Å²) in [5.74, 6) is 0.449. The molecule has 0 spiro atoms. The summed E-state index contributed by atoms with van der Waals surface area (Å²) in [6.07, 6.45) is 0.854. The number of aromatic nitrogens is 2. The number of nitrogens with one attached hydrogen (secondary N) is 1. The van der Waals surface area contributed by atoms with E-state index in [0.717, 1.165) is 16.7 Å². The van der Waals surface area contributed by atoms with E-state index in [9.17, 15) is 15.0 Å². The molecule has 28 heavy (non-hydrogen) atoms. The minimum Gasteiger partial charge on any atom is -0.507 e. The quantitative estimate of drug-likeness (QED) is 0.719. The average molecular weight is 387 g/mol. The molecule has 0 aliphatic rings. The van der Waals surface area contributed by atoms with E-state index in [0.29, 0.717) is 30.0 Å². The zero-order valence-electron chi connectivity index (χ0n) is 18.4. The summed E-state index contributed by atoms with van der Waals surface area (Å²) in [5, 5.41) is 21.2. The van der Waals surface area contributed by atoms with Crippen LogP contribution in [0.4, 0.5) is 0 Å². The fraction of sp³-hybridized carbons (Fsp3) is 0.565. The SMILES string of the molecule is CC(C)Cc1nc(O)c(Cc2cc(C(C)(C)C)c(O)c(C(C)(C)C)c2)[nH]c1=O. The first kappa shape index (κ1) is 22.0. The molecule has 2 rings (SSSR count). The Hall–Kier alpha value is -2.30. The maximum atomic E-state index is 12.4. The Morgan fingerprint density at radius 2 is 1.50 bits per heavy atom. The second-order valence-electron chi connectivity index (χ2n) is 10.1. The third-order valence-corrected chi connectivity index (χ3v) is 4.81. The van der Waals surface area contributed by atoms with E-state index >= 15 is 0 Å². The first-order valence-electron chi connectivity index (χ1n) is 9.88. The molecule has 1 aromatic carbocycles. The van der Waals surface area contributed by atoms with Crippen LogP contribution >= 0.6 is 0 Å². The van der Waals surface area contributed by atoms with E-state index in [4.69, 9.17) is 0 Å². The van der Waals surface area contributed by atoms with Gasteiger partial charge in [-0.2, -0.15) is 0 Å². The lowest BCUT2D eigenvalue weighted by Crippen LogP contribution is -2.20. The van der Waals surface area contributed by atoms with E-state index in [2.05, 4.69) is 51.5 Å². The van der Waals surface area contributed by atoms with E-state index in [1.54, 1.807) is 0 Å². The molecule has 0 aliphatic heterocycles. The lowest BCUT2D eigenvalue weighted by Gasteiger charge is -2.28. The van der Waals surface area contributed by atoms with Crippen molar-refractivity contribution in [1.82, 2.24) is 9.97 Å². The van der Waals surface area contributed by atoms with Gasteiger partial charge in [-0.1, -0.05) is 67.5 Å².